The van der Waals surface area contributed by atoms with Crippen LogP contribution in [-0.4, -0.2) is 67.5 Å². The number of morpholine rings is 1. The quantitative estimate of drug-likeness (QED) is 0.805. The molecule has 2 aliphatic rings. The zero-order valence-corrected chi connectivity index (χ0v) is 13.2. The smallest absolute Gasteiger partial charge is 0.282 e. The molecule has 1 aromatic heterocycles. The predicted octanol–water partition coefficient (Wildman–Crippen LogP) is 0.502. The first-order chi connectivity index (χ1) is 10.7. The van der Waals surface area contributed by atoms with Crippen LogP contribution in [0.2, 0.25) is 0 Å². The van der Waals surface area contributed by atoms with Crippen molar-refractivity contribution in [2.24, 2.45) is 0 Å². The summed E-state index contributed by atoms with van der Waals surface area (Å²) in [6.45, 7) is 2.82. The van der Waals surface area contributed by atoms with E-state index in [2.05, 4.69) is 4.98 Å². The van der Waals surface area contributed by atoms with Crippen LogP contribution in [0, 0.1) is 0 Å². The van der Waals surface area contributed by atoms with Gasteiger partial charge in [0, 0.05) is 38.6 Å². The number of piperidine rings is 1. The number of hydrogen-bond acceptors (Lipinski definition) is 5. The Morgan fingerprint density at radius 1 is 1.05 bits per heavy atom. The molecule has 0 saturated carbocycles. The molecule has 2 fully saturated rings. The summed E-state index contributed by atoms with van der Waals surface area (Å²) >= 11 is 0. The number of ether oxygens (including phenoxy) is 2. The molecule has 8 heteroatoms. The average Bonchev–Trinajstić information content (AvgIpc) is 2.57. The van der Waals surface area contributed by atoms with Crippen molar-refractivity contribution in [2.75, 3.05) is 39.4 Å². The molecule has 0 unspecified atom stereocenters. The van der Waals surface area contributed by atoms with E-state index < -0.39 is 10.2 Å². The molecule has 2 saturated heterocycles. The summed E-state index contributed by atoms with van der Waals surface area (Å²) in [5, 5.41) is 0. The van der Waals surface area contributed by atoms with Gasteiger partial charge >= 0.3 is 0 Å². The molecule has 22 heavy (non-hydrogen) atoms. The van der Waals surface area contributed by atoms with Crippen molar-refractivity contribution in [3.8, 4) is 5.75 Å². The van der Waals surface area contributed by atoms with Gasteiger partial charge in [-0.3, -0.25) is 4.98 Å². The molecule has 0 aromatic carbocycles. The highest BCUT2D eigenvalue weighted by atomic mass is 32.2. The minimum Gasteiger partial charge on any atom is -0.490 e. The van der Waals surface area contributed by atoms with Gasteiger partial charge < -0.3 is 9.47 Å². The van der Waals surface area contributed by atoms with Crippen LogP contribution in [0.25, 0.3) is 0 Å². The number of hydrogen-bond donors (Lipinski definition) is 0. The zero-order chi connectivity index (χ0) is 15.4. The maximum Gasteiger partial charge on any atom is 0.282 e. The number of rotatable bonds is 4. The van der Waals surface area contributed by atoms with Crippen molar-refractivity contribution in [2.45, 2.75) is 18.9 Å². The minimum absolute atomic E-state index is 0.0542. The first kappa shape index (κ1) is 15.7. The Bertz CT molecular complexity index is 567. The Kier molecular flexibility index (Phi) is 4.92. The fourth-order valence-corrected chi connectivity index (χ4v) is 4.34. The Balaban J connectivity index is 1.54. The van der Waals surface area contributed by atoms with E-state index in [1.54, 1.807) is 16.7 Å². The van der Waals surface area contributed by atoms with E-state index in [-0.39, 0.29) is 6.10 Å². The Labute approximate surface area is 131 Å². The zero-order valence-electron chi connectivity index (χ0n) is 12.4. The van der Waals surface area contributed by atoms with Crippen LogP contribution in [0.1, 0.15) is 12.8 Å². The second kappa shape index (κ2) is 6.91. The van der Waals surface area contributed by atoms with Crippen molar-refractivity contribution in [3.63, 3.8) is 0 Å². The SMILES string of the molecule is O=S(=O)(N1CCOCC1)N1CCC(Oc2ccncc2)CC1. The van der Waals surface area contributed by atoms with Gasteiger partial charge in [-0.1, -0.05) is 0 Å². The standard InChI is InChI=1S/C14H21N3O4S/c18-22(19,17-9-11-20-12-10-17)16-7-3-14(4-8-16)21-13-1-5-15-6-2-13/h1-2,5-6,14H,3-4,7-12H2. The lowest BCUT2D eigenvalue weighted by molar-refractivity contribution is 0.0677. The number of pyridine rings is 1. The molecule has 7 nitrogen and oxygen atoms in total. The van der Waals surface area contributed by atoms with Crippen LogP contribution in [0.15, 0.2) is 24.5 Å². The van der Waals surface area contributed by atoms with Crippen LogP contribution in [0.4, 0.5) is 0 Å². The summed E-state index contributed by atoms with van der Waals surface area (Å²) in [6, 6.07) is 3.63. The third-order valence-electron chi connectivity index (χ3n) is 3.98. The molecule has 0 N–H and O–H groups in total. The van der Waals surface area contributed by atoms with E-state index in [9.17, 15) is 8.42 Å². The Hall–Kier alpha value is -1.22. The summed E-state index contributed by atoms with van der Waals surface area (Å²) in [5.41, 5.74) is 0. The molecule has 0 atom stereocenters. The van der Waals surface area contributed by atoms with Gasteiger partial charge in [0.15, 0.2) is 0 Å². The molecule has 1 aromatic rings. The first-order valence-corrected chi connectivity index (χ1v) is 8.95. The van der Waals surface area contributed by atoms with Crippen LogP contribution in [0.5, 0.6) is 5.75 Å². The molecule has 0 radical (unpaired) electrons. The normalized spacial score (nSPS) is 22.5. The van der Waals surface area contributed by atoms with E-state index in [0.717, 1.165) is 5.75 Å². The molecule has 0 bridgehead atoms. The van der Waals surface area contributed by atoms with E-state index in [4.69, 9.17) is 9.47 Å². The highest BCUT2D eigenvalue weighted by molar-refractivity contribution is 7.86. The van der Waals surface area contributed by atoms with Crippen molar-refractivity contribution in [1.29, 1.82) is 0 Å². The average molecular weight is 327 g/mol. The summed E-state index contributed by atoms with van der Waals surface area (Å²) < 4.78 is 39.3. The molecular weight excluding hydrogens is 306 g/mol. The van der Waals surface area contributed by atoms with E-state index >= 15 is 0 Å². The molecule has 122 valence electrons. The van der Waals surface area contributed by atoms with Crippen LogP contribution in [-0.2, 0) is 14.9 Å². The van der Waals surface area contributed by atoms with Gasteiger partial charge in [-0.2, -0.15) is 17.0 Å². The third kappa shape index (κ3) is 3.57. The largest absolute Gasteiger partial charge is 0.490 e. The van der Waals surface area contributed by atoms with Crippen molar-refractivity contribution >= 4 is 10.2 Å². The second-order valence-electron chi connectivity index (χ2n) is 5.42. The molecule has 0 amide bonds. The lowest BCUT2D eigenvalue weighted by Gasteiger charge is -2.36. The van der Waals surface area contributed by atoms with Crippen LogP contribution >= 0.6 is 0 Å². The van der Waals surface area contributed by atoms with E-state index in [1.807, 2.05) is 12.1 Å². The highest BCUT2D eigenvalue weighted by Crippen LogP contribution is 2.21. The van der Waals surface area contributed by atoms with Gasteiger partial charge in [-0.15, -0.1) is 0 Å². The Morgan fingerprint density at radius 2 is 1.64 bits per heavy atom. The van der Waals surface area contributed by atoms with Crippen molar-refractivity contribution in [3.05, 3.63) is 24.5 Å². The van der Waals surface area contributed by atoms with Gasteiger partial charge in [0.25, 0.3) is 10.2 Å². The lowest BCUT2D eigenvalue weighted by Crippen LogP contribution is -2.51. The predicted molar refractivity (Wildman–Crippen MR) is 80.8 cm³/mol. The summed E-state index contributed by atoms with van der Waals surface area (Å²) in [6.07, 6.45) is 4.83. The van der Waals surface area contributed by atoms with E-state index in [1.165, 1.54) is 4.31 Å². The van der Waals surface area contributed by atoms with Gasteiger partial charge in [0.05, 0.1) is 13.2 Å². The third-order valence-corrected chi connectivity index (χ3v) is 6.01. The van der Waals surface area contributed by atoms with Crippen LogP contribution < -0.4 is 4.74 Å². The first-order valence-electron chi connectivity index (χ1n) is 7.56. The van der Waals surface area contributed by atoms with Crippen molar-refractivity contribution < 1.29 is 17.9 Å². The molecule has 3 rings (SSSR count). The lowest BCUT2D eigenvalue weighted by atomic mass is 10.1. The maximum atomic E-state index is 12.6. The second-order valence-corrected chi connectivity index (χ2v) is 7.35. The monoisotopic (exact) mass is 327 g/mol. The van der Waals surface area contributed by atoms with Crippen molar-refractivity contribution in [1.82, 2.24) is 13.6 Å². The Morgan fingerprint density at radius 3 is 2.27 bits per heavy atom. The highest BCUT2D eigenvalue weighted by Gasteiger charge is 2.34. The van der Waals surface area contributed by atoms with Gasteiger partial charge in [0.1, 0.15) is 11.9 Å². The summed E-state index contributed by atoms with van der Waals surface area (Å²) in [4.78, 5) is 3.95. The maximum absolute atomic E-state index is 12.6. The summed E-state index contributed by atoms with van der Waals surface area (Å²) in [7, 11) is -3.36. The number of nitrogens with zero attached hydrogens (tertiary/aromatic N) is 3. The van der Waals surface area contributed by atoms with E-state index in [0.29, 0.717) is 52.2 Å². The van der Waals surface area contributed by atoms with Gasteiger partial charge in [0.2, 0.25) is 0 Å². The minimum atomic E-state index is -3.36. The fraction of sp³-hybridized carbons (Fsp3) is 0.643. The summed E-state index contributed by atoms with van der Waals surface area (Å²) in [5.74, 6) is 0.782. The molecule has 0 aliphatic carbocycles. The molecule has 2 aliphatic heterocycles. The van der Waals surface area contributed by atoms with Gasteiger partial charge in [-0.25, -0.2) is 0 Å². The fourth-order valence-electron chi connectivity index (χ4n) is 2.73. The topological polar surface area (TPSA) is 72.0 Å². The molecular formula is C14H21N3O4S. The molecule has 0 spiro atoms. The number of aromatic nitrogens is 1. The van der Waals surface area contributed by atoms with Gasteiger partial charge in [-0.05, 0) is 25.0 Å². The van der Waals surface area contributed by atoms with Crippen LogP contribution in [0.3, 0.4) is 0 Å². The molecule has 3 heterocycles.